The van der Waals surface area contributed by atoms with Gasteiger partial charge in [-0.05, 0) is 35.5 Å². The first kappa shape index (κ1) is 16.3. The van der Waals surface area contributed by atoms with Crippen LogP contribution in [0.4, 0.5) is 0 Å². The summed E-state index contributed by atoms with van der Waals surface area (Å²) >= 11 is 6.02. The lowest BCUT2D eigenvalue weighted by Crippen LogP contribution is -2.51. The summed E-state index contributed by atoms with van der Waals surface area (Å²) in [7, 11) is 0. The van der Waals surface area contributed by atoms with Crippen molar-refractivity contribution in [2.45, 2.75) is 19.1 Å². The van der Waals surface area contributed by atoms with Crippen LogP contribution in [0.1, 0.15) is 17.3 Å². The molecule has 1 aromatic heterocycles. The molecule has 9 nitrogen and oxygen atoms in total. The van der Waals surface area contributed by atoms with Gasteiger partial charge in [-0.2, -0.15) is 4.68 Å². The van der Waals surface area contributed by atoms with Crippen LogP contribution in [0.3, 0.4) is 0 Å². The average molecular weight is 352 g/mol. The molecule has 2 aromatic rings. The predicted octanol–water partition coefficient (Wildman–Crippen LogP) is 0.630. The van der Waals surface area contributed by atoms with Crippen LogP contribution in [0.25, 0.3) is 5.69 Å². The van der Waals surface area contributed by atoms with Crippen LogP contribution in [0.2, 0.25) is 5.02 Å². The molecule has 1 aliphatic heterocycles. The first-order chi connectivity index (χ1) is 11.5. The minimum atomic E-state index is -1.11. The number of carbonyl (C=O) groups excluding carboxylic acids is 1. The normalized spacial score (nSPS) is 20.8. The van der Waals surface area contributed by atoms with Gasteiger partial charge in [0.2, 0.25) is 0 Å². The SMILES string of the molecule is C[C@@H]1CN(C(=O)c2cc(Cl)ccc2-n2cnnn2)CC(C(=O)O)O1. The number of aromatic nitrogens is 4. The molecule has 1 aromatic carbocycles. The number of aliphatic carboxylic acids is 1. The first-order valence-corrected chi connectivity index (χ1v) is 7.54. The monoisotopic (exact) mass is 351 g/mol. The van der Waals surface area contributed by atoms with E-state index < -0.39 is 12.1 Å². The average Bonchev–Trinajstić information content (AvgIpc) is 3.07. The summed E-state index contributed by atoms with van der Waals surface area (Å²) in [6, 6.07) is 4.76. The topological polar surface area (TPSA) is 110 Å². The number of morpholine rings is 1. The highest BCUT2D eigenvalue weighted by atomic mass is 35.5. The zero-order valence-corrected chi connectivity index (χ0v) is 13.4. The Bertz CT molecular complexity index is 767. The summed E-state index contributed by atoms with van der Waals surface area (Å²) in [4.78, 5) is 25.6. The third-order valence-electron chi connectivity index (χ3n) is 3.61. The van der Waals surface area contributed by atoms with Gasteiger partial charge in [0.1, 0.15) is 6.33 Å². The summed E-state index contributed by atoms with van der Waals surface area (Å²) in [5, 5.41) is 20.4. The number of tetrazole rings is 1. The van der Waals surface area contributed by atoms with Gasteiger partial charge in [-0.1, -0.05) is 11.6 Å². The Kier molecular flexibility index (Phi) is 4.45. The van der Waals surface area contributed by atoms with Crippen molar-refractivity contribution in [3.05, 3.63) is 35.1 Å². The third-order valence-corrected chi connectivity index (χ3v) is 3.84. The summed E-state index contributed by atoms with van der Waals surface area (Å²) in [5.41, 5.74) is 0.744. The Morgan fingerprint density at radius 1 is 1.38 bits per heavy atom. The maximum atomic E-state index is 12.9. The van der Waals surface area contributed by atoms with E-state index >= 15 is 0 Å². The Morgan fingerprint density at radius 3 is 2.83 bits per heavy atom. The van der Waals surface area contributed by atoms with Crippen LogP contribution in [-0.2, 0) is 9.53 Å². The quantitative estimate of drug-likeness (QED) is 0.863. The summed E-state index contributed by atoms with van der Waals surface area (Å²) in [6.45, 7) is 1.96. The van der Waals surface area contributed by atoms with E-state index in [0.717, 1.165) is 0 Å². The van der Waals surface area contributed by atoms with E-state index in [1.165, 1.54) is 22.0 Å². The number of carbonyl (C=O) groups is 2. The highest BCUT2D eigenvalue weighted by Crippen LogP contribution is 2.22. The fourth-order valence-electron chi connectivity index (χ4n) is 2.58. The van der Waals surface area contributed by atoms with E-state index in [2.05, 4.69) is 15.5 Å². The van der Waals surface area contributed by atoms with E-state index in [0.29, 0.717) is 10.7 Å². The van der Waals surface area contributed by atoms with Gasteiger partial charge in [-0.3, -0.25) is 4.79 Å². The molecule has 1 amide bonds. The summed E-state index contributed by atoms with van der Waals surface area (Å²) in [5.74, 6) is -1.46. The lowest BCUT2D eigenvalue weighted by molar-refractivity contribution is -0.160. The van der Waals surface area contributed by atoms with Gasteiger partial charge in [0.15, 0.2) is 6.10 Å². The van der Waals surface area contributed by atoms with Gasteiger partial charge in [-0.25, -0.2) is 4.79 Å². The molecule has 2 atom stereocenters. The molecule has 0 spiro atoms. The Morgan fingerprint density at radius 2 is 2.17 bits per heavy atom. The molecular weight excluding hydrogens is 338 g/mol. The van der Waals surface area contributed by atoms with E-state index in [1.54, 1.807) is 19.1 Å². The van der Waals surface area contributed by atoms with E-state index in [-0.39, 0.29) is 30.7 Å². The number of ether oxygens (including phenoxy) is 1. The minimum absolute atomic E-state index is 0.0416. The van der Waals surface area contributed by atoms with Crippen molar-refractivity contribution in [3.8, 4) is 5.69 Å². The van der Waals surface area contributed by atoms with Crippen LogP contribution in [0.5, 0.6) is 0 Å². The van der Waals surface area contributed by atoms with Crippen molar-refractivity contribution in [3.63, 3.8) is 0 Å². The van der Waals surface area contributed by atoms with Crippen molar-refractivity contribution >= 4 is 23.5 Å². The zero-order valence-electron chi connectivity index (χ0n) is 12.7. The van der Waals surface area contributed by atoms with Crippen LogP contribution in [0, 0.1) is 0 Å². The minimum Gasteiger partial charge on any atom is -0.479 e. The van der Waals surface area contributed by atoms with Crippen molar-refractivity contribution < 1.29 is 19.4 Å². The van der Waals surface area contributed by atoms with Gasteiger partial charge in [-0.15, -0.1) is 5.10 Å². The van der Waals surface area contributed by atoms with Crippen LogP contribution in [-0.4, -0.2) is 67.4 Å². The number of benzene rings is 1. The van der Waals surface area contributed by atoms with Crippen LogP contribution < -0.4 is 0 Å². The van der Waals surface area contributed by atoms with Crippen molar-refractivity contribution in [1.29, 1.82) is 0 Å². The number of carboxylic acids is 1. The lowest BCUT2D eigenvalue weighted by Gasteiger charge is -2.35. The molecule has 0 radical (unpaired) electrons. The molecule has 1 saturated heterocycles. The zero-order chi connectivity index (χ0) is 17.3. The number of nitrogens with zero attached hydrogens (tertiary/aromatic N) is 5. The third kappa shape index (κ3) is 3.22. The van der Waals surface area contributed by atoms with Gasteiger partial charge in [0.05, 0.1) is 23.9 Å². The predicted molar refractivity (Wildman–Crippen MR) is 82.0 cm³/mol. The van der Waals surface area contributed by atoms with E-state index in [9.17, 15) is 9.59 Å². The molecule has 10 heteroatoms. The van der Waals surface area contributed by atoms with Gasteiger partial charge >= 0.3 is 5.97 Å². The number of amides is 1. The number of carboxylic acid groups (broad SMARTS) is 1. The van der Waals surface area contributed by atoms with Crippen molar-refractivity contribution in [1.82, 2.24) is 25.1 Å². The molecule has 0 saturated carbocycles. The molecule has 3 rings (SSSR count). The number of rotatable bonds is 3. The highest BCUT2D eigenvalue weighted by molar-refractivity contribution is 6.31. The maximum absolute atomic E-state index is 12.9. The summed E-state index contributed by atoms with van der Waals surface area (Å²) < 4.78 is 6.68. The molecule has 1 aliphatic rings. The van der Waals surface area contributed by atoms with E-state index in [4.69, 9.17) is 21.4 Å². The Labute approximate surface area is 141 Å². The maximum Gasteiger partial charge on any atom is 0.334 e. The molecule has 1 fully saturated rings. The Balaban J connectivity index is 1.95. The molecule has 126 valence electrons. The largest absolute Gasteiger partial charge is 0.479 e. The van der Waals surface area contributed by atoms with Crippen LogP contribution in [0.15, 0.2) is 24.5 Å². The second kappa shape index (κ2) is 6.54. The second-order valence-corrected chi connectivity index (χ2v) is 5.84. The fraction of sp³-hybridized carbons (Fsp3) is 0.357. The van der Waals surface area contributed by atoms with Crippen LogP contribution >= 0.6 is 11.6 Å². The van der Waals surface area contributed by atoms with Gasteiger partial charge in [0.25, 0.3) is 5.91 Å². The molecule has 0 aliphatic carbocycles. The highest BCUT2D eigenvalue weighted by Gasteiger charge is 2.34. The fourth-order valence-corrected chi connectivity index (χ4v) is 2.75. The molecule has 2 heterocycles. The second-order valence-electron chi connectivity index (χ2n) is 5.40. The molecule has 24 heavy (non-hydrogen) atoms. The lowest BCUT2D eigenvalue weighted by atomic mass is 10.1. The molecule has 1 unspecified atom stereocenters. The first-order valence-electron chi connectivity index (χ1n) is 7.16. The standard InChI is InChI=1S/C14H14ClN5O4/c1-8-5-19(6-12(24-8)14(22)23)13(21)10-4-9(15)2-3-11(10)20-7-16-17-18-20/h2-4,7-8,12H,5-6H2,1H3,(H,22,23)/t8-,12?/m1/s1. The van der Waals surface area contributed by atoms with Crippen molar-refractivity contribution in [2.75, 3.05) is 13.1 Å². The number of hydrogen-bond acceptors (Lipinski definition) is 6. The summed E-state index contributed by atoms with van der Waals surface area (Å²) in [6.07, 6.45) is -0.0880. The number of hydrogen-bond donors (Lipinski definition) is 1. The molecule has 0 bridgehead atoms. The Hall–Kier alpha value is -2.52. The smallest absolute Gasteiger partial charge is 0.334 e. The molecule has 1 N–H and O–H groups in total. The van der Waals surface area contributed by atoms with Crippen molar-refractivity contribution in [2.24, 2.45) is 0 Å². The molecular formula is C14H14ClN5O4. The number of halogens is 1. The van der Waals surface area contributed by atoms with Gasteiger partial charge < -0.3 is 14.7 Å². The van der Waals surface area contributed by atoms with Gasteiger partial charge in [0, 0.05) is 11.6 Å². The van der Waals surface area contributed by atoms with E-state index in [1.807, 2.05) is 0 Å².